The molecular weight excluding hydrogens is 456 g/mol. The Kier molecular flexibility index (Phi) is 6.09. The molecule has 1 aliphatic heterocycles. The summed E-state index contributed by atoms with van der Waals surface area (Å²) in [5, 5.41) is 4.09. The van der Waals surface area contributed by atoms with Gasteiger partial charge in [-0.2, -0.15) is 0 Å². The van der Waals surface area contributed by atoms with E-state index < -0.39 is 0 Å². The zero-order valence-electron chi connectivity index (χ0n) is 18.5. The van der Waals surface area contributed by atoms with E-state index in [-0.39, 0.29) is 17.2 Å². The first-order valence-corrected chi connectivity index (χ1v) is 12.5. The number of aromatic nitrogens is 2. The molecule has 0 spiro atoms. The lowest BCUT2D eigenvalue weighted by atomic mass is 10.1. The Morgan fingerprint density at radius 1 is 1.30 bits per heavy atom. The maximum atomic E-state index is 13.8. The Morgan fingerprint density at radius 3 is 2.97 bits per heavy atom. The fraction of sp³-hybridized carbons (Fsp3) is 0.292. The number of carbonyl (C=O) groups is 1. The van der Waals surface area contributed by atoms with Crippen molar-refractivity contribution in [2.45, 2.75) is 31.6 Å². The smallest absolute Gasteiger partial charge is 0.267 e. The van der Waals surface area contributed by atoms with Gasteiger partial charge in [0.1, 0.15) is 10.6 Å². The largest absolute Gasteiger partial charge is 0.467 e. The maximum Gasteiger partial charge on any atom is 0.267 e. The van der Waals surface area contributed by atoms with Gasteiger partial charge in [-0.15, -0.1) is 11.3 Å². The summed E-state index contributed by atoms with van der Waals surface area (Å²) < 4.78 is 6.92. The topological polar surface area (TPSA) is 80.4 Å². The van der Waals surface area contributed by atoms with Crippen molar-refractivity contribution in [3.63, 3.8) is 0 Å². The molecule has 0 atom stereocenters. The monoisotopic (exact) mass is 480 g/mol. The number of hydrogen-bond donors (Lipinski definition) is 1. The van der Waals surface area contributed by atoms with E-state index in [0.717, 1.165) is 46.5 Å². The van der Waals surface area contributed by atoms with E-state index in [2.05, 4.69) is 17.3 Å². The number of hydrogen-bond acceptors (Lipinski definition) is 7. The predicted molar refractivity (Wildman–Crippen MR) is 131 cm³/mol. The molecular formula is C24H24N4O3S2. The molecule has 4 aromatic rings. The van der Waals surface area contributed by atoms with Gasteiger partial charge in [0, 0.05) is 18.0 Å². The summed E-state index contributed by atoms with van der Waals surface area (Å²) in [6.45, 7) is 4.08. The molecule has 4 heterocycles. The van der Waals surface area contributed by atoms with E-state index in [1.807, 2.05) is 37.3 Å². The van der Waals surface area contributed by atoms with E-state index in [9.17, 15) is 9.59 Å². The lowest BCUT2D eigenvalue weighted by Gasteiger charge is -2.21. The molecule has 0 unspecified atom stereocenters. The van der Waals surface area contributed by atoms with E-state index >= 15 is 0 Å². The van der Waals surface area contributed by atoms with Crippen LogP contribution in [-0.2, 0) is 24.3 Å². The second-order valence-electron chi connectivity index (χ2n) is 8.19. The zero-order valence-corrected chi connectivity index (χ0v) is 20.1. The van der Waals surface area contributed by atoms with Crippen LogP contribution in [0.4, 0.5) is 0 Å². The molecule has 0 radical (unpaired) electrons. The standard InChI is InChI=1S/C24H24N4O3S2/c1-15-5-3-6-16(11-15)28-23(30)21-18-8-9-27(2)13-19(18)33-22(21)26-24(28)32-14-20(29)25-12-17-7-4-10-31-17/h3-7,10-11H,8-9,12-14H2,1-2H3,(H,25,29). The van der Waals surface area contributed by atoms with Gasteiger partial charge in [0.2, 0.25) is 5.91 Å². The van der Waals surface area contributed by atoms with Gasteiger partial charge in [0.15, 0.2) is 5.16 Å². The third-order valence-electron chi connectivity index (χ3n) is 5.67. The van der Waals surface area contributed by atoms with Crippen LogP contribution in [0.2, 0.25) is 0 Å². The van der Waals surface area contributed by atoms with Gasteiger partial charge in [0.25, 0.3) is 5.56 Å². The number of furan rings is 1. The number of benzene rings is 1. The molecule has 0 saturated heterocycles. The van der Waals surface area contributed by atoms with Crippen LogP contribution in [-0.4, -0.2) is 39.7 Å². The Morgan fingerprint density at radius 2 is 2.18 bits per heavy atom. The summed E-state index contributed by atoms with van der Waals surface area (Å²) >= 11 is 2.86. The SMILES string of the molecule is Cc1cccc(-n2c(SCC(=O)NCc3ccco3)nc3sc4c(c3c2=O)CCN(C)C4)c1. The minimum Gasteiger partial charge on any atom is -0.467 e. The molecule has 9 heteroatoms. The first-order valence-electron chi connectivity index (χ1n) is 10.7. The minimum absolute atomic E-state index is 0.0638. The molecule has 0 bridgehead atoms. The first-order chi connectivity index (χ1) is 16.0. The highest BCUT2D eigenvalue weighted by Crippen LogP contribution is 2.34. The van der Waals surface area contributed by atoms with Crippen molar-refractivity contribution in [3.8, 4) is 5.69 Å². The number of rotatable bonds is 6. The Hall–Kier alpha value is -2.88. The number of thioether (sulfide) groups is 1. The van der Waals surface area contributed by atoms with Crippen LogP contribution < -0.4 is 10.9 Å². The van der Waals surface area contributed by atoms with Crippen molar-refractivity contribution < 1.29 is 9.21 Å². The van der Waals surface area contributed by atoms with Crippen LogP contribution >= 0.6 is 23.1 Å². The maximum absolute atomic E-state index is 13.8. The van der Waals surface area contributed by atoms with E-state index in [0.29, 0.717) is 17.5 Å². The summed E-state index contributed by atoms with van der Waals surface area (Å²) in [4.78, 5) is 35.4. The van der Waals surface area contributed by atoms with Gasteiger partial charge < -0.3 is 14.6 Å². The highest BCUT2D eigenvalue weighted by Gasteiger charge is 2.24. The van der Waals surface area contributed by atoms with Crippen LogP contribution in [0.3, 0.4) is 0 Å². The summed E-state index contributed by atoms with van der Waals surface area (Å²) in [6.07, 6.45) is 2.42. The molecule has 33 heavy (non-hydrogen) atoms. The predicted octanol–water partition coefficient (Wildman–Crippen LogP) is 3.75. The van der Waals surface area contributed by atoms with E-state index in [4.69, 9.17) is 9.40 Å². The summed E-state index contributed by atoms with van der Waals surface area (Å²) in [7, 11) is 2.09. The van der Waals surface area contributed by atoms with Crippen LogP contribution in [0.15, 0.2) is 57.0 Å². The van der Waals surface area contributed by atoms with Crippen LogP contribution in [0, 0.1) is 6.92 Å². The van der Waals surface area contributed by atoms with E-state index in [1.54, 1.807) is 28.2 Å². The van der Waals surface area contributed by atoms with Crippen molar-refractivity contribution >= 4 is 39.2 Å². The summed E-state index contributed by atoms with van der Waals surface area (Å²) in [5.41, 5.74) is 2.88. The van der Waals surface area contributed by atoms with Gasteiger partial charge in [0.05, 0.1) is 29.6 Å². The van der Waals surface area contributed by atoms with E-state index in [1.165, 1.54) is 16.6 Å². The van der Waals surface area contributed by atoms with Crippen molar-refractivity contribution in [1.29, 1.82) is 0 Å². The Balaban J connectivity index is 1.51. The second-order valence-corrected chi connectivity index (χ2v) is 10.2. The van der Waals surface area contributed by atoms with Gasteiger partial charge in [-0.3, -0.25) is 14.2 Å². The highest BCUT2D eigenvalue weighted by atomic mass is 32.2. The average Bonchev–Trinajstić information content (AvgIpc) is 3.43. The number of amides is 1. The molecule has 7 nitrogen and oxygen atoms in total. The molecule has 1 aromatic carbocycles. The number of aryl methyl sites for hydroxylation is 1. The molecule has 0 fully saturated rings. The lowest BCUT2D eigenvalue weighted by molar-refractivity contribution is -0.118. The van der Waals surface area contributed by atoms with Gasteiger partial charge in [-0.25, -0.2) is 4.98 Å². The minimum atomic E-state index is -0.145. The van der Waals surface area contributed by atoms with Crippen LogP contribution in [0.5, 0.6) is 0 Å². The molecule has 0 saturated carbocycles. The summed E-state index contributed by atoms with van der Waals surface area (Å²) in [6, 6.07) is 11.4. The normalized spacial score (nSPS) is 13.9. The number of nitrogens with one attached hydrogen (secondary N) is 1. The molecule has 1 aliphatic rings. The molecule has 0 aliphatic carbocycles. The number of nitrogens with zero attached hydrogens (tertiary/aromatic N) is 3. The fourth-order valence-corrected chi connectivity index (χ4v) is 6.21. The Labute approximate surface area is 199 Å². The average molecular weight is 481 g/mol. The van der Waals surface area contributed by atoms with Crippen LogP contribution in [0.1, 0.15) is 21.8 Å². The number of thiophene rings is 1. The number of fused-ring (bicyclic) bond motifs is 3. The third kappa shape index (κ3) is 4.48. The second kappa shape index (κ2) is 9.17. The molecule has 3 aromatic heterocycles. The van der Waals surface area contributed by atoms with Gasteiger partial charge >= 0.3 is 0 Å². The molecule has 170 valence electrons. The summed E-state index contributed by atoms with van der Waals surface area (Å²) in [5.74, 6) is 0.700. The molecule has 5 rings (SSSR count). The third-order valence-corrected chi connectivity index (χ3v) is 7.72. The fourth-order valence-electron chi connectivity index (χ4n) is 4.02. The van der Waals surface area contributed by atoms with Crippen molar-refractivity contribution in [2.24, 2.45) is 0 Å². The lowest BCUT2D eigenvalue weighted by Crippen LogP contribution is -2.28. The van der Waals surface area contributed by atoms with Crippen molar-refractivity contribution in [1.82, 2.24) is 19.8 Å². The van der Waals surface area contributed by atoms with Crippen molar-refractivity contribution in [2.75, 3.05) is 19.3 Å². The number of likely N-dealkylation sites (N-methyl/N-ethyl adjacent to an activating group) is 1. The van der Waals surface area contributed by atoms with Gasteiger partial charge in [-0.1, -0.05) is 23.9 Å². The zero-order chi connectivity index (χ0) is 22.9. The van der Waals surface area contributed by atoms with Gasteiger partial charge in [-0.05, 0) is 55.8 Å². The first kappa shape index (κ1) is 21.9. The Bertz CT molecular complexity index is 1370. The number of carbonyl (C=O) groups excluding carboxylic acids is 1. The quantitative estimate of drug-likeness (QED) is 0.335. The highest BCUT2D eigenvalue weighted by molar-refractivity contribution is 7.99. The van der Waals surface area contributed by atoms with Crippen LogP contribution in [0.25, 0.3) is 15.9 Å². The molecule has 1 N–H and O–H groups in total. The molecule has 1 amide bonds. The van der Waals surface area contributed by atoms with Crippen molar-refractivity contribution in [3.05, 3.63) is 74.8 Å².